The normalized spacial score (nSPS) is 19.0. The molecule has 9 heteroatoms. The number of imide groups is 1. The Morgan fingerprint density at radius 2 is 2.10 bits per heavy atom. The largest absolute Gasteiger partial charge is 0.295 e. The highest BCUT2D eigenvalue weighted by Crippen LogP contribution is 2.23. The Bertz CT molecular complexity index is 754. The van der Waals surface area contributed by atoms with E-state index in [4.69, 9.17) is 16.9 Å². The van der Waals surface area contributed by atoms with E-state index in [0.29, 0.717) is 0 Å². The zero-order valence-corrected chi connectivity index (χ0v) is 12.2. The predicted molar refractivity (Wildman–Crippen MR) is 72.7 cm³/mol. The van der Waals surface area contributed by atoms with Gasteiger partial charge in [0.2, 0.25) is 21.8 Å². The first-order valence-electron chi connectivity index (χ1n) is 5.89. The number of nitrogens with zero attached hydrogens (tertiary/aromatic N) is 1. The van der Waals surface area contributed by atoms with E-state index in [1.165, 1.54) is 18.2 Å². The molecule has 1 saturated heterocycles. The van der Waals surface area contributed by atoms with Gasteiger partial charge in [-0.15, -0.1) is 0 Å². The summed E-state index contributed by atoms with van der Waals surface area (Å²) in [6, 6.07) is 4.53. The molecule has 110 valence electrons. The minimum Gasteiger partial charge on any atom is -0.295 e. The van der Waals surface area contributed by atoms with E-state index < -0.39 is 27.9 Å². The summed E-state index contributed by atoms with van der Waals surface area (Å²) in [7, 11) is -4.03. The van der Waals surface area contributed by atoms with Crippen LogP contribution in [-0.2, 0) is 19.6 Å². The van der Waals surface area contributed by atoms with Crippen LogP contribution in [0.3, 0.4) is 0 Å². The molecule has 0 saturated carbocycles. The molecular weight excluding hydrogens is 318 g/mol. The Balaban J connectivity index is 2.25. The van der Waals surface area contributed by atoms with E-state index in [2.05, 4.69) is 10.0 Å². The van der Waals surface area contributed by atoms with Crippen LogP contribution < -0.4 is 10.0 Å². The summed E-state index contributed by atoms with van der Waals surface area (Å²) < 4.78 is 26.6. The van der Waals surface area contributed by atoms with Crippen molar-refractivity contribution in [1.82, 2.24) is 10.0 Å². The third-order valence-corrected chi connectivity index (χ3v) is 4.84. The number of nitrogens with one attached hydrogen (secondary N) is 2. The second kappa shape index (κ2) is 5.81. The zero-order valence-electron chi connectivity index (χ0n) is 10.6. The van der Waals surface area contributed by atoms with Gasteiger partial charge in [0.1, 0.15) is 10.9 Å². The number of hydrogen-bond acceptors (Lipinski definition) is 5. The van der Waals surface area contributed by atoms with Gasteiger partial charge in [-0.1, -0.05) is 11.6 Å². The van der Waals surface area contributed by atoms with E-state index in [1.807, 2.05) is 6.07 Å². The molecule has 1 aromatic rings. The van der Waals surface area contributed by atoms with E-state index in [1.54, 1.807) is 0 Å². The van der Waals surface area contributed by atoms with Crippen molar-refractivity contribution >= 4 is 33.4 Å². The lowest BCUT2D eigenvalue weighted by Gasteiger charge is -2.21. The van der Waals surface area contributed by atoms with E-state index in [0.717, 1.165) is 0 Å². The van der Waals surface area contributed by atoms with Gasteiger partial charge in [-0.3, -0.25) is 14.9 Å². The van der Waals surface area contributed by atoms with Gasteiger partial charge in [0.05, 0.1) is 16.7 Å². The summed E-state index contributed by atoms with van der Waals surface area (Å²) in [5.74, 6) is -1.13. The van der Waals surface area contributed by atoms with Crippen LogP contribution in [0.2, 0.25) is 5.02 Å². The number of rotatable bonds is 3. The number of nitriles is 1. The SMILES string of the molecule is N#Cc1ccc(S(=O)(=O)NC2CCC(=O)NC2=O)c(Cl)c1. The van der Waals surface area contributed by atoms with Crippen LogP contribution in [0.1, 0.15) is 18.4 Å². The lowest BCUT2D eigenvalue weighted by molar-refractivity contribution is -0.134. The minimum absolute atomic E-state index is 0.0556. The summed E-state index contributed by atoms with van der Waals surface area (Å²) in [5.41, 5.74) is 0.222. The Labute approximate surface area is 125 Å². The molecule has 1 fully saturated rings. The molecule has 2 N–H and O–H groups in total. The van der Waals surface area contributed by atoms with Crippen LogP contribution in [0.5, 0.6) is 0 Å². The minimum atomic E-state index is -4.03. The summed E-state index contributed by atoms with van der Waals surface area (Å²) in [4.78, 5) is 22.4. The fourth-order valence-corrected chi connectivity index (χ4v) is 3.62. The number of sulfonamides is 1. The number of carbonyl (C=O) groups is 2. The van der Waals surface area contributed by atoms with Crippen molar-refractivity contribution in [3.8, 4) is 6.07 Å². The Hall–Kier alpha value is -1.95. The molecule has 1 atom stereocenters. The predicted octanol–water partition coefficient (Wildman–Crippen LogP) is 0.295. The number of hydrogen-bond donors (Lipinski definition) is 2. The molecule has 2 amide bonds. The van der Waals surface area contributed by atoms with Gasteiger partial charge in [0.15, 0.2) is 0 Å². The van der Waals surface area contributed by atoms with Crippen LogP contribution in [0.15, 0.2) is 23.1 Å². The maximum Gasteiger partial charge on any atom is 0.244 e. The smallest absolute Gasteiger partial charge is 0.244 e. The molecule has 21 heavy (non-hydrogen) atoms. The molecule has 1 heterocycles. The monoisotopic (exact) mass is 327 g/mol. The van der Waals surface area contributed by atoms with Crippen molar-refractivity contribution in [3.05, 3.63) is 28.8 Å². The van der Waals surface area contributed by atoms with Crippen LogP contribution in [0.4, 0.5) is 0 Å². The fourth-order valence-electron chi connectivity index (χ4n) is 1.85. The number of carbonyl (C=O) groups excluding carboxylic acids is 2. The number of piperidine rings is 1. The molecule has 7 nitrogen and oxygen atoms in total. The molecule has 0 bridgehead atoms. The van der Waals surface area contributed by atoms with Crippen molar-refractivity contribution in [2.75, 3.05) is 0 Å². The standard InChI is InChI=1S/C12H10ClN3O4S/c13-8-5-7(6-14)1-3-10(8)21(19,20)16-9-2-4-11(17)15-12(9)18/h1,3,5,9,16H,2,4H2,(H,15,17,18). The van der Waals surface area contributed by atoms with Gasteiger partial charge in [-0.05, 0) is 24.6 Å². The van der Waals surface area contributed by atoms with Crippen molar-refractivity contribution in [3.63, 3.8) is 0 Å². The van der Waals surface area contributed by atoms with Crippen molar-refractivity contribution < 1.29 is 18.0 Å². The average Bonchev–Trinajstić information content (AvgIpc) is 2.41. The van der Waals surface area contributed by atoms with Crippen LogP contribution in [0, 0.1) is 11.3 Å². The second-order valence-electron chi connectivity index (χ2n) is 4.38. The third-order valence-electron chi connectivity index (χ3n) is 2.89. The number of halogens is 1. The molecule has 0 aliphatic carbocycles. The topological polar surface area (TPSA) is 116 Å². The van der Waals surface area contributed by atoms with Gasteiger partial charge in [-0.25, -0.2) is 8.42 Å². The average molecular weight is 328 g/mol. The summed E-state index contributed by atoms with van der Waals surface area (Å²) in [5, 5.41) is 10.7. The molecule has 1 unspecified atom stereocenters. The fraction of sp³-hybridized carbons (Fsp3) is 0.250. The Morgan fingerprint density at radius 1 is 1.38 bits per heavy atom. The Morgan fingerprint density at radius 3 is 2.67 bits per heavy atom. The number of benzene rings is 1. The first-order chi connectivity index (χ1) is 9.83. The van der Waals surface area contributed by atoms with E-state index in [-0.39, 0.29) is 28.3 Å². The van der Waals surface area contributed by atoms with Gasteiger partial charge >= 0.3 is 0 Å². The Kier molecular flexibility index (Phi) is 4.27. The third kappa shape index (κ3) is 3.39. The lowest BCUT2D eigenvalue weighted by Crippen LogP contribution is -2.52. The molecule has 0 radical (unpaired) electrons. The lowest BCUT2D eigenvalue weighted by atomic mass is 10.1. The molecule has 1 aliphatic heterocycles. The van der Waals surface area contributed by atoms with E-state index >= 15 is 0 Å². The van der Waals surface area contributed by atoms with E-state index in [9.17, 15) is 18.0 Å². The highest BCUT2D eigenvalue weighted by atomic mass is 35.5. The molecule has 1 aliphatic rings. The quantitative estimate of drug-likeness (QED) is 0.774. The summed E-state index contributed by atoms with van der Waals surface area (Å²) in [6.45, 7) is 0. The van der Waals surface area contributed by atoms with Crippen molar-refractivity contribution in [2.24, 2.45) is 0 Å². The summed E-state index contributed by atoms with van der Waals surface area (Å²) >= 11 is 5.84. The van der Waals surface area contributed by atoms with Crippen LogP contribution in [0.25, 0.3) is 0 Å². The van der Waals surface area contributed by atoms with Crippen LogP contribution >= 0.6 is 11.6 Å². The maximum atomic E-state index is 12.2. The first kappa shape index (κ1) is 15.4. The zero-order chi connectivity index (χ0) is 15.6. The van der Waals surface area contributed by atoms with Crippen molar-refractivity contribution in [2.45, 2.75) is 23.8 Å². The summed E-state index contributed by atoms with van der Waals surface area (Å²) in [6.07, 6.45) is 0.137. The number of amides is 2. The molecule has 0 spiro atoms. The highest BCUT2D eigenvalue weighted by molar-refractivity contribution is 7.89. The van der Waals surface area contributed by atoms with Gasteiger partial charge in [0, 0.05) is 6.42 Å². The molecular formula is C12H10ClN3O4S. The molecule has 0 aromatic heterocycles. The highest BCUT2D eigenvalue weighted by Gasteiger charge is 2.31. The maximum absolute atomic E-state index is 12.2. The molecule has 1 aromatic carbocycles. The van der Waals surface area contributed by atoms with Crippen LogP contribution in [-0.4, -0.2) is 26.3 Å². The second-order valence-corrected chi connectivity index (χ2v) is 6.47. The van der Waals surface area contributed by atoms with Crippen molar-refractivity contribution in [1.29, 1.82) is 5.26 Å². The first-order valence-corrected chi connectivity index (χ1v) is 7.75. The van der Waals surface area contributed by atoms with Gasteiger partial charge in [0.25, 0.3) is 0 Å². The van der Waals surface area contributed by atoms with Gasteiger partial charge in [-0.2, -0.15) is 9.98 Å². The molecule has 2 rings (SSSR count). The van der Waals surface area contributed by atoms with Gasteiger partial charge < -0.3 is 0 Å².